The van der Waals surface area contributed by atoms with E-state index in [1.807, 2.05) is 55.6 Å². The highest BCUT2D eigenvalue weighted by Gasteiger charge is 2.45. The van der Waals surface area contributed by atoms with Crippen molar-refractivity contribution in [3.8, 4) is 11.2 Å². The van der Waals surface area contributed by atoms with E-state index >= 15 is 0 Å². The minimum absolute atomic E-state index is 0.0652. The molecule has 0 radical (unpaired) electrons. The van der Waals surface area contributed by atoms with Crippen molar-refractivity contribution in [1.29, 1.82) is 5.26 Å². The summed E-state index contributed by atoms with van der Waals surface area (Å²) in [5, 5.41) is 17.6. The van der Waals surface area contributed by atoms with Gasteiger partial charge in [0.25, 0.3) is 0 Å². The Bertz CT molecular complexity index is 1240. The van der Waals surface area contributed by atoms with Crippen molar-refractivity contribution in [3.63, 3.8) is 0 Å². The molecule has 0 spiro atoms. The van der Waals surface area contributed by atoms with Crippen LogP contribution < -0.4 is 0 Å². The average Bonchev–Trinajstić information content (AvgIpc) is 3.39. The number of nitrogens with zero attached hydrogens (tertiary/aromatic N) is 4. The normalized spacial score (nSPS) is 18.0. The van der Waals surface area contributed by atoms with Crippen molar-refractivity contribution in [2.24, 2.45) is 5.41 Å². The van der Waals surface area contributed by atoms with Crippen molar-refractivity contribution >= 4 is 38.7 Å². The van der Waals surface area contributed by atoms with Gasteiger partial charge in [0.15, 0.2) is 5.78 Å². The highest BCUT2D eigenvalue weighted by atomic mass is 32.1. The number of carbonyl (C=O) groups excluding carboxylic acids is 1. The number of fused-ring (bicyclic) bond motifs is 2. The highest BCUT2D eigenvalue weighted by Crippen LogP contribution is 2.47. The number of Topliss-reactive ketones (excluding diaryl/α,β-unsaturated/α-hetero) is 1. The summed E-state index contributed by atoms with van der Waals surface area (Å²) < 4.78 is 2.82. The number of rotatable bonds is 3. The first kappa shape index (κ1) is 18.2. The lowest BCUT2D eigenvalue weighted by molar-refractivity contribution is 0.0898. The Hall–Kier alpha value is -2.82. The maximum atomic E-state index is 13.2. The first-order chi connectivity index (χ1) is 14.0. The van der Waals surface area contributed by atoms with Gasteiger partial charge in [-0.1, -0.05) is 43.4 Å². The van der Waals surface area contributed by atoms with Crippen LogP contribution in [-0.2, 0) is 6.42 Å². The number of ketones is 1. The molecular weight excluding hydrogens is 400 g/mol. The predicted octanol–water partition coefficient (Wildman–Crippen LogP) is 5.35. The molecule has 1 aliphatic rings. The molecule has 0 amide bonds. The number of aromatic nitrogens is 3. The van der Waals surface area contributed by atoms with Crippen LogP contribution in [-0.4, -0.2) is 20.5 Å². The van der Waals surface area contributed by atoms with Crippen molar-refractivity contribution < 1.29 is 4.79 Å². The van der Waals surface area contributed by atoms with Gasteiger partial charge < -0.3 is 0 Å². The Morgan fingerprint density at radius 1 is 1.28 bits per heavy atom. The summed E-state index contributed by atoms with van der Waals surface area (Å²) in [4.78, 5) is 19.0. The van der Waals surface area contributed by atoms with Gasteiger partial charge in [0.1, 0.15) is 0 Å². The summed E-state index contributed by atoms with van der Waals surface area (Å²) in [6, 6.07) is 14.4. The molecule has 5 nitrogen and oxygen atoms in total. The summed E-state index contributed by atoms with van der Waals surface area (Å²) in [5.41, 5.74) is 2.49. The van der Waals surface area contributed by atoms with Gasteiger partial charge in [0.2, 0.25) is 5.13 Å². The van der Waals surface area contributed by atoms with Crippen molar-refractivity contribution in [1.82, 2.24) is 14.8 Å². The highest BCUT2D eigenvalue weighted by molar-refractivity contribution is 7.20. The van der Waals surface area contributed by atoms with Crippen LogP contribution in [0, 0.1) is 16.7 Å². The fourth-order valence-corrected chi connectivity index (χ4v) is 5.70. The van der Waals surface area contributed by atoms with Gasteiger partial charge in [-0.15, -0.1) is 11.3 Å². The minimum atomic E-state index is -0.451. The number of para-hydroxylation sites is 1. The second-order valence-corrected chi connectivity index (χ2v) is 10.0. The van der Waals surface area contributed by atoms with E-state index in [0.717, 1.165) is 20.8 Å². The molecule has 0 N–H and O–H groups in total. The van der Waals surface area contributed by atoms with Gasteiger partial charge in [-0.25, -0.2) is 9.67 Å². The van der Waals surface area contributed by atoms with Crippen LogP contribution in [0.15, 0.2) is 41.8 Å². The van der Waals surface area contributed by atoms with Crippen LogP contribution in [0.3, 0.4) is 0 Å². The van der Waals surface area contributed by atoms with Crippen LogP contribution >= 0.6 is 22.7 Å². The van der Waals surface area contributed by atoms with E-state index in [1.165, 1.54) is 11.3 Å². The predicted molar refractivity (Wildman–Crippen MR) is 115 cm³/mol. The van der Waals surface area contributed by atoms with E-state index in [4.69, 9.17) is 10.1 Å². The Morgan fingerprint density at radius 3 is 2.83 bits per heavy atom. The molecule has 0 aliphatic heterocycles. The molecule has 1 aromatic carbocycles. The van der Waals surface area contributed by atoms with Gasteiger partial charge in [-0.05, 0) is 29.0 Å². The zero-order valence-corrected chi connectivity index (χ0v) is 17.7. The summed E-state index contributed by atoms with van der Waals surface area (Å²) in [7, 11) is 0. The molecule has 0 bridgehead atoms. The van der Waals surface area contributed by atoms with Gasteiger partial charge in [-0.3, -0.25) is 4.79 Å². The molecule has 1 unspecified atom stereocenters. The molecule has 4 aromatic rings. The molecule has 3 heterocycles. The maximum Gasteiger partial charge on any atom is 0.211 e. The van der Waals surface area contributed by atoms with Crippen LogP contribution in [0.2, 0.25) is 0 Å². The molecule has 5 rings (SSSR count). The quantitative estimate of drug-likeness (QED) is 0.449. The lowest BCUT2D eigenvalue weighted by atomic mass is 9.68. The van der Waals surface area contributed by atoms with Crippen LogP contribution in [0.25, 0.3) is 15.3 Å². The van der Waals surface area contributed by atoms with Gasteiger partial charge >= 0.3 is 0 Å². The standard InChI is InChI=1S/C22H18N4OS2/c1-22(2)11-17(27)19-16(10-13-6-5-9-28-13)25-26(20(19)14(22)12-23)21-24-15-7-3-4-8-18(15)29-21/h3-9,14H,10-11H2,1-2H3. The lowest BCUT2D eigenvalue weighted by Crippen LogP contribution is -2.32. The molecule has 144 valence electrons. The van der Waals surface area contributed by atoms with Crippen molar-refractivity contribution in [2.75, 3.05) is 0 Å². The zero-order chi connectivity index (χ0) is 20.2. The second kappa shape index (κ2) is 6.61. The third kappa shape index (κ3) is 2.91. The van der Waals surface area contributed by atoms with E-state index in [0.29, 0.717) is 29.2 Å². The van der Waals surface area contributed by atoms with Gasteiger partial charge in [0, 0.05) is 17.7 Å². The van der Waals surface area contributed by atoms with Crippen LogP contribution in [0.1, 0.15) is 52.8 Å². The van der Waals surface area contributed by atoms with E-state index in [9.17, 15) is 10.1 Å². The Balaban J connectivity index is 1.76. The molecule has 1 aliphatic carbocycles. The largest absolute Gasteiger partial charge is 0.294 e. The molecule has 7 heteroatoms. The fourth-order valence-electron chi connectivity index (χ4n) is 4.06. The number of nitriles is 1. The summed E-state index contributed by atoms with van der Waals surface area (Å²) in [5.74, 6) is -0.359. The monoisotopic (exact) mass is 418 g/mol. The van der Waals surface area contributed by atoms with Crippen LogP contribution in [0.5, 0.6) is 0 Å². The number of carbonyl (C=O) groups is 1. The first-order valence-electron chi connectivity index (χ1n) is 9.41. The topological polar surface area (TPSA) is 71.6 Å². The number of thiazole rings is 1. The van der Waals surface area contributed by atoms with Gasteiger partial charge in [-0.2, -0.15) is 10.4 Å². The van der Waals surface area contributed by atoms with E-state index in [-0.39, 0.29) is 5.78 Å². The number of hydrogen-bond acceptors (Lipinski definition) is 6. The Labute approximate surface area is 176 Å². The lowest BCUT2D eigenvalue weighted by Gasteiger charge is -2.33. The SMILES string of the molecule is CC1(C)CC(=O)c2c(Cc3cccs3)nn(-c3nc4ccccc4s3)c2C1C#N. The fraction of sp³-hybridized carbons (Fsp3) is 0.273. The summed E-state index contributed by atoms with van der Waals surface area (Å²) in [6.45, 7) is 3.97. The van der Waals surface area contributed by atoms with E-state index in [2.05, 4.69) is 6.07 Å². The Morgan fingerprint density at radius 2 is 2.10 bits per heavy atom. The molecule has 3 aromatic heterocycles. The van der Waals surface area contributed by atoms with Crippen molar-refractivity contribution in [2.45, 2.75) is 32.6 Å². The molecule has 0 saturated heterocycles. The van der Waals surface area contributed by atoms with Crippen LogP contribution in [0.4, 0.5) is 0 Å². The van der Waals surface area contributed by atoms with E-state index < -0.39 is 11.3 Å². The smallest absolute Gasteiger partial charge is 0.211 e. The third-order valence-electron chi connectivity index (χ3n) is 5.46. The number of benzene rings is 1. The molecule has 29 heavy (non-hydrogen) atoms. The first-order valence-corrected chi connectivity index (χ1v) is 11.1. The van der Waals surface area contributed by atoms with Gasteiger partial charge in [0.05, 0.1) is 39.2 Å². The maximum absolute atomic E-state index is 13.2. The summed E-state index contributed by atoms with van der Waals surface area (Å²) in [6.07, 6.45) is 0.934. The number of hydrogen-bond donors (Lipinski definition) is 0. The molecule has 0 saturated carbocycles. The average molecular weight is 419 g/mol. The molecule has 1 atom stereocenters. The molecule has 0 fully saturated rings. The Kier molecular flexibility index (Phi) is 4.16. The zero-order valence-electron chi connectivity index (χ0n) is 16.0. The molecular formula is C22H18N4OS2. The van der Waals surface area contributed by atoms with Crippen molar-refractivity contribution in [3.05, 3.63) is 63.6 Å². The third-order valence-corrected chi connectivity index (χ3v) is 7.35. The minimum Gasteiger partial charge on any atom is -0.294 e. The van der Waals surface area contributed by atoms with E-state index in [1.54, 1.807) is 16.0 Å². The summed E-state index contributed by atoms with van der Waals surface area (Å²) >= 11 is 3.18. The number of thiophene rings is 1. The second-order valence-electron chi connectivity index (χ2n) is 7.99.